The van der Waals surface area contributed by atoms with Crippen LogP contribution in [0.3, 0.4) is 0 Å². The first-order chi connectivity index (χ1) is 57.9. The monoisotopic (exact) mass is 1390 g/mol. The standard InChI is InChI=1S/2C37H40F4N4O2S/c1-4-43(5-2)18-19-44(22-26-6-10-28(11-7-26)29-12-14-30(15-13-29)37(39,40)41)34(46)23-45-33-21-25(3)20-32(33)35(47)42-36(45)48-24-27-8-16-31(38)17-9-27;1-4-43(5-2)19-20-44(22-29-12-11-28(21-25(29)3)27-13-15-30(16-14-27)37(39,40)41)34(46)23-45-33-8-6-7-32(33)35(47)42-36(45)48-24-26-9-17-31(38)18-10-26/h6-17,25H,4-5,18-24H2,1-3H3;9-18,21H,4-8,19-20,22-24H2,1-3H3/i4D2,5D2,18D2,19D2,20D2,21D2,23D2,25D;4D2,5D2,11D,12D,13D,14D,15D,16D,19D2,20D2,21D,23D2. The maximum Gasteiger partial charge on any atom is 0.416 e. The van der Waals surface area contributed by atoms with E-state index >= 15 is 9.59 Å². The molecule has 2 aliphatic carbocycles. The number of alkyl halides is 6. The quantitative estimate of drug-likeness (QED) is 0.0295. The maximum atomic E-state index is 15.1. The molecule has 1 atom stereocenters. The normalized spacial score (nSPS) is 21.8. The van der Waals surface area contributed by atoms with Gasteiger partial charge in [0.1, 0.15) is 24.6 Å². The zero-order valence-corrected chi connectivity index (χ0v) is 53.4. The van der Waals surface area contributed by atoms with Crippen LogP contribution in [0.5, 0.6) is 0 Å². The van der Waals surface area contributed by atoms with Crippen molar-refractivity contribution in [1.82, 2.24) is 38.7 Å². The number of carbonyl (C=O) groups is 2. The minimum absolute atomic E-state index is 0.00253. The summed E-state index contributed by atoms with van der Waals surface area (Å²) in [5.74, 6) is -8.47. The lowest BCUT2D eigenvalue weighted by Crippen LogP contribution is -2.40. The zero-order valence-electron chi connectivity index (χ0n) is 83.7. The minimum atomic E-state index is -5.37. The van der Waals surface area contributed by atoms with Crippen LogP contribution in [0.1, 0.15) is 146 Å². The van der Waals surface area contributed by atoms with Crippen LogP contribution in [0.2, 0.25) is 0 Å². The van der Waals surface area contributed by atoms with Crippen molar-refractivity contribution >= 4 is 35.3 Å². The number of likely N-dealkylation sites (N-methyl/N-ethyl adjacent to an activating group) is 2. The van der Waals surface area contributed by atoms with E-state index in [1.807, 2.05) is 0 Å². The number of benzene rings is 6. The summed E-state index contributed by atoms with van der Waals surface area (Å²) in [5, 5.41) is -1.22. The highest BCUT2D eigenvalue weighted by atomic mass is 32.2. The number of fused-ring (bicyclic) bond motifs is 2. The van der Waals surface area contributed by atoms with Crippen LogP contribution in [0.15, 0.2) is 159 Å². The molecule has 508 valence electrons. The van der Waals surface area contributed by atoms with Crippen LogP contribution >= 0.6 is 23.5 Å². The number of nitrogens with zero attached hydrogens (tertiary/aromatic N) is 8. The molecule has 96 heavy (non-hydrogen) atoms. The Bertz CT molecular complexity index is 5650. The van der Waals surface area contributed by atoms with Crippen LogP contribution in [-0.2, 0) is 85.1 Å². The first-order valence-electron chi connectivity index (χ1n) is 44.8. The van der Waals surface area contributed by atoms with Gasteiger partial charge in [0.15, 0.2) is 10.3 Å². The van der Waals surface area contributed by atoms with Gasteiger partial charge in [-0.2, -0.15) is 36.3 Å². The average molecular weight is 1390 g/mol. The molecule has 12 nitrogen and oxygen atoms in total. The van der Waals surface area contributed by atoms with E-state index in [0.717, 1.165) is 62.0 Å². The number of amides is 2. The fraction of sp³-hybridized carbons (Fsp3) is 0.378. The Hall–Kier alpha value is -7.92. The molecular weight excluding hydrogens is 1280 g/mol. The number of hydrogen-bond donors (Lipinski definition) is 0. The minimum Gasteiger partial charge on any atom is -0.336 e. The molecule has 0 saturated carbocycles. The van der Waals surface area contributed by atoms with Crippen molar-refractivity contribution in [2.75, 3.05) is 52.0 Å². The smallest absolute Gasteiger partial charge is 0.336 e. The van der Waals surface area contributed by atoms with Gasteiger partial charge >= 0.3 is 12.4 Å². The third-order valence-electron chi connectivity index (χ3n) is 14.2. The molecule has 2 heterocycles. The van der Waals surface area contributed by atoms with Gasteiger partial charge in [0.2, 0.25) is 11.8 Å². The molecule has 8 aromatic rings. The van der Waals surface area contributed by atoms with E-state index in [0.29, 0.717) is 60.7 Å². The van der Waals surface area contributed by atoms with Crippen LogP contribution in [0, 0.1) is 24.5 Å². The van der Waals surface area contributed by atoms with Crippen molar-refractivity contribution in [2.24, 2.45) is 5.89 Å². The summed E-state index contributed by atoms with van der Waals surface area (Å²) < 4.78 is 390. The Kier molecular flexibility index (Phi) is 13.9. The predicted octanol–water partition coefficient (Wildman–Crippen LogP) is 15.0. The third kappa shape index (κ3) is 19.0. The highest BCUT2D eigenvalue weighted by Gasteiger charge is 2.33. The molecule has 0 spiro atoms. The predicted molar refractivity (Wildman–Crippen MR) is 362 cm³/mol. The fourth-order valence-corrected chi connectivity index (χ4v) is 11.0. The van der Waals surface area contributed by atoms with Crippen molar-refractivity contribution in [3.05, 3.63) is 233 Å². The summed E-state index contributed by atoms with van der Waals surface area (Å²) in [6.07, 6.45) is -16.2. The summed E-state index contributed by atoms with van der Waals surface area (Å²) >= 11 is 1.23. The van der Waals surface area contributed by atoms with Gasteiger partial charge in [-0.25, -0.2) is 8.78 Å². The van der Waals surface area contributed by atoms with Gasteiger partial charge in [-0.05, 0) is 169 Å². The molecule has 2 aromatic heterocycles. The average Bonchev–Trinajstić information content (AvgIpc) is 1.60. The van der Waals surface area contributed by atoms with E-state index in [9.17, 15) is 55.7 Å². The lowest BCUT2D eigenvalue weighted by Gasteiger charge is -2.28. The molecular formula is C74H80F8N8O4S2. The highest BCUT2D eigenvalue weighted by molar-refractivity contribution is 7.98. The van der Waals surface area contributed by atoms with Crippen molar-refractivity contribution in [1.29, 1.82) is 0 Å². The number of rotatable bonds is 26. The fourth-order valence-electron chi connectivity index (χ4n) is 9.21. The number of aromatic nitrogens is 4. The Labute approximate surface area is 608 Å². The Morgan fingerprint density at radius 1 is 0.573 bits per heavy atom. The van der Waals surface area contributed by atoms with Crippen LogP contribution in [-0.4, -0.2) is 102 Å². The molecule has 6 aromatic carbocycles. The molecule has 22 heteroatoms. The topological polar surface area (TPSA) is 117 Å². The lowest BCUT2D eigenvalue weighted by atomic mass is 9.98. The molecule has 0 radical (unpaired) electrons. The zero-order chi connectivity index (χ0) is 97.4. The van der Waals surface area contributed by atoms with E-state index < -0.39 is 241 Å². The van der Waals surface area contributed by atoms with Crippen LogP contribution in [0.25, 0.3) is 22.3 Å². The molecule has 1 unspecified atom stereocenters. The molecule has 0 N–H and O–H groups in total. The molecule has 2 aliphatic rings. The van der Waals surface area contributed by atoms with Crippen molar-refractivity contribution in [2.45, 2.75) is 134 Å². The Balaban J connectivity index is 0.000000289. The number of thioether (sulfide) groups is 2. The van der Waals surface area contributed by atoms with Crippen LogP contribution < -0.4 is 11.1 Å². The van der Waals surface area contributed by atoms with Gasteiger partial charge in [0, 0.05) is 96.4 Å². The molecule has 0 saturated heterocycles. The Morgan fingerprint density at radius 2 is 1.03 bits per heavy atom. The second-order valence-corrected chi connectivity index (χ2v) is 22.6. The van der Waals surface area contributed by atoms with Gasteiger partial charge in [-0.15, -0.1) is 0 Å². The van der Waals surface area contributed by atoms with Crippen LogP contribution in [0.4, 0.5) is 35.1 Å². The van der Waals surface area contributed by atoms with Crippen molar-refractivity contribution < 1.29 is 88.6 Å². The highest BCUT2D eigenvalue weighted by Crippen LogP contribution is 2.35. The molecule has 0 bridgehead atoms. The summed E-state index contributed by atoms with van der Waals surface area (Å²) in [5.41, 5.74) is -9.19. The van der Waals surface area contributed by atoms with Gasteiger partial charge in [-0.1, -0.05) is 149 Å². The van der Waals surface area contributed by atoms with Crippen molar-refractivity contribution in [3.8, 4) is 22.3 Å². The summed E-state index contributed by atoms with van der Waals surface area (Å²) in [6.45, 7) is -33.4. The largest absolute Gasteiger partial charge is 0.416 e. The van der Waals surface area contributed by atoms with E-state index in [1.165, 1.54) is 60.7 Å². The second-order valence-electron chi connectivity index (χ2n) is 20.7. The van der Waals surface area contributed by atoms with E-state index in [4.69, 9.17) is 32.9 Å². The van der Waals surface area contributed by atoms with Gasteiger partial charge in [0.05, 0.1) is 31.7 Å². The number of hydrogen-bond acceptors (Lipinski definition) is 10. The van der Waals surface area contributed by atoms with E-state index in [-0.39, 0.29) is 77.3 Å². The van der Waals surface area contributed by atoms with Crippen molar-refractivity contribution in [3.63, 3.8) is 0 Å². The van der Waals surface area contributed by atoms with Gasteiger partial charge < -0.3 is 28.7 Å². The lowest BCUT2D eigenvalue weighted by molar-refractivity contribution is -0.138. The summed E-state index contributed by atoms with van der Waals surface area (Å²) in [4.78, 5) is 64.4. The SMILES string of the molecule is [2H]C([2H])(C)N(C([2H])([2H])C)C([2H])([2H])C([2H])([2H])N(Cc1ccc(-c2ccc(C(F)(F)F)cc2)cc1)C(=O)C([2H])([2H])n1c(SCc2ccc(F)cc2)nc(=O)c2c1C([2H])([2H])C([2H])(C)C2([2H])[2H].[2H]c1c([2H])c(-c2c([2H])c([2H])c(C(F)(F)F)c([2H])c2[2H])c([2H])c(C)c1CN(C(=O)C([2H])([2H])n1c(SCc2ccc(F)cc2)nc(=O)c2c1CCC2)C([2H])([2H])C([2H])([2H])N(C([2H])([2H])C)C([2H])([2H])C. The van der Waals surface area contributed by atoms with E-state index in [2.05, 4.69) is 9.97 Å². The molecule has 0 fully saturated rings. The number of carbonyl (C=O) groups excluding carboxylic acids is 2. The molecule has 0 aliphatic heterocycles. The van der Waals surface area contributed by atoms with Gasteiger partial charge in [0.25, 0.3) is 11.1 Å². The third-order valence-corrected chi connectivity index (χ3v) is 16.2. The van der Waals surface area contributed by atoms with E-state index in [1.54, 1.807) is 0 Å². The number of halogens is 8. The second kappa shape index (κ2) is 32.9. The maximum absolute atomic E-state index is 15.1. The summed E-state index contributed by atoms with van der Waals surface area (Å²) in [7, 11) is 0. The molecule has 10 rings (SSSR count). The Morgan fingerprint density at radius 3 is 1.53 bits per heavy atom. The summed E-state index contributed by atoms with van der Waals surface area (Å²) in [6, 6.07) is 10.0. The van der Waals surface area contributed by atoms with Gasteiger partial charge in [-0.3, -0.25) is 19.2 Å². The first kappa shape index (κ1) is 40.7. The molecule has 2 amide bonds. The first-order valence-corrected chi connectivity index (χ1v) is 30.8.